The molecule has 0 spiro atoms. The number of benzene rings is 1. The monoisotopic (exact) mass is 250 g/mol. The van der Waals surface area contributed by atoms with Crippen LogP contribution in [0.25, 0.3) is 0 Å². The molecule has 94 valence electrons. The molecule has 0 atom stereocenters. The summed E-state index contributed by atoms with van der Waals surface area (Å²) in [6.45, 7) is 2.85. The first-order valence-electron chi connectivity index (χ1n) is 5.29. The van der Waals surface area contributed by atoms with Crippen molar-refractivity contribution in [1.29, 1.82) is 0 Å². The lowest BCUT2D eigenvalue weighted by Crippen LogP contribution is -2.62. The van der Waals surface area contributed by atoms with Crippen LogP contribution in [-0.4, -0.2) is 17.8 Å². The molecule has 1 aromatic carbocycles. The van der Waals surface area contributed by atoms with Crippen LogP contribution >= 0.6 is 0 Å². The predicted octanol–water partition coefficient (Wildman–Crippen LogP) is 1.43. The second-order valence-electron chi connectivity index (χ2n) is 4.50. The van der Waals surface area contributed by atoms with Gasteiger partial charge >= 0.3 is 6.03 Å². The van der Waals surface area contributed by atoms with Gasteiger partial charge in [0.15, 0.2) is 0 Å². The van der Waals surface area contributed by atoms with Crippen molar-refractivity contribution in [3.63, 3.8) is 0 Å². The lowest BCUT2D eigenvalue weighted by molar-refractivity contribution is -0.140. The maximum atomic E-state index is 12.8. The van der Waals surface area contributed by atoms with Crippen LogP contribution in [0.2, 0.25) is 0 Å². The lowest BCUT2D eigenvalue weighted by atomic mass is 9.88. The highest BCUT2D eigenvalue weighted by molar-refractivity contribution is 6.29. The normalized spacial score (nSPS) is 18.8. The van der Waals surface area contributed by atoms with E-state index < -0.39 is 29.1 Å². The summed E-state index contributed by atoms with van der Waals surface area (Å²) >= 11 is 0. The van der Waals surface area contributed by atoms with Crippen LogP contribution < -0.4 is 10.2 Å². The highest BCUT2D eigenvalue weighted by atomic mass is 19.1. The molecule has 0 aliphatic carbocycles. The molecule has 0 aromatic heterocycles. The van der Waals surface area contributed by atoms with Crippen molar-refractivity contribution in [3.8, 4) is 0 Å². The van der Waals surface area contributed by atoms with Crippen molar-refractivity contribution in [1.82, 2.24) is 5.32 Å². The second-order valence-corrected chi connectivity index (χ2v) is 4.50. The molecule has 0 saturated carbocycles. The SMILES string of the molecule is CC1(C)C(=O)NC(=O)N(c2ccc(F)cc2)C1=O. The number of halogens is 1. The van der Waals surface area contributed by atoms with Crippen molar-refractivity contribution in [2.75, 3.05) is 4.90 Å². The van der Waals surface area contributed by atoms with Gasteiger partial charge in [-0.15, -0.1) is 0 Å². The van der Waals surface area contributed by atoms with Crippen molar-refractivity contribution in [3.05, 3.63) is 30.1 Å². The molecule has 1 N–H and O–H groups in total. The molecule has 1 aliphatic heterocycles. The number of amides is 4. The van der Waals surface area contributed by atoms with Gasteiger partial charge in [-0.25, -0.2) is 14.1 Å². The van der Waals surface area contributed by atoms with E-state index >= 15 is 0 Å². The van der Waals surface area contributed by atoms with E-state index in [1.165, 1.54) is 26.0 Å². The second kappa shape index (κ2) is 3.90. The molecule has 1 aliphatic rings. The minimum atomic E-state index is -1.33. The van der Waals surface area contributed by atoms with Crippen molar-refractivity contribution < 1.29 is 18.8 Å². The highest BCUT2D eigenvalue weighted by Crippen LogP contribution is 2.27. The van der Waals surface area contributed by atoms with Gasteiger partial charge in [0.1, 0.15) is 11.2 Å². The van der Waals surface area contributed by atoms with Crippen LogP contribution in [0.3, 0.4) is 0 Å². The third kappa shape index (κ3) is 1.75. The van der Waals surface area contributed by atoms with E-state index in [0.29, 0.717) is 0 Å². The smallest absolute Gasteiger partial charge is 0.276 e. The average Bonchev–Trinajstić information content (AvgIpc) is 2.30. The molecule has 18 heavy (non-hydrogen) atoms. The van der Waals surface area contributed by atoms with Crippen LogP contribution in [0.5, 0.6) is 0 Å². The summed E-state index contributed by atoms with van der Waals surface area (Å²) < 4.78 is 12.8. The van der Waals surface area contributed by atoms with Gasteiger partial charge in [-0.1, -0.05) is 0 Å². The van der Waals surface area contributed by atoms with Crippen LogP contribution in [-0.2, 0) is 9.59 Å². The van der Waals surface area contributed by atoms with Gasteiger partial charge in [-0.05, 0) is 38.1 Å². The van der Waals surface area contributed by atoms with E-state index in [-0.39, 0.29) is 5.69 Å². The minimum absolute atomic E-state index is 0.222. The molecule has 1 saturated heterocycles. The Morgan fingerprint density at radius 1 is 1.11 bits per heavy atom. The standard InChI is InChI=1S/C12H11FN2O3/c1-12(2)9(16)14-11(18)15(10(12)17)8-5-3-7(13)4-6-8/h3-6H,1-2H3,(H,14,16,18). The first-order valence-corrected chi connectivity index (χ1v) is 5.29. The largest absolute Gasteiger partial charge is 0.335 e. The molecular formula is C12H11FN2O3. The third-order valence-corrected chi connectivity index (χ3v) is 2.81. The maximum absolute atomic E-state index is 12.8. The summed E-state index contributed by atoms with van der Waals surface area (Å²) in [4.78, 5) is 36.1. The number of rotatable bonds is 1. The molecule has 2 rings (SSSR count). The van der Waals surface area contributed by atoms with Gasteiger partial charge in [0.25, 0.3) is 0 Å². The Bertz CT molecular complexity index is 537. The average molecular weight is 250 g/mol. The van der Waals surface area contributed by atoms with Gasteiger partial charge in [0.05, 0.1) is 5.69 Å². The Morgan fingerprint density at radius 2 is 1.67 bits per heavy atom. The van der Waals surface area contributed by atoms with Gasteiger partial charge in [0, 0.05) is 0 Å². The molecule has 6 heteroatoms. The van der Waals surface area contributed by atoms with Crippen LogP contribution in [0.4, 0.5) is 14.9 Å². The lowest BCUT2D eigenvalue weighted by Gasteiger charge is -2.34. The van der Waals surface area contributed by atoms with Crippen molar-refractivity contribution >= 4 is 23.5 Å². The number of anilines is 1. The number of carbonyl (C=O) groups excluding carboxylic acids is 3. The fourth-order valence-electron chi connectivity index (χ4n) is 1.60. The molecule has 1 aromatic rings. The zero-order chi connectivity index (χ0) is 13.5. The van der Waals surface area contributed by atoms with Gasteiger partial charge in [-0.2, -0.15) is 0 Å². The van der Waals surface area contributed by atoms with E-state index in [9.17, 15) is 18.8 Å². The summed E-state index contributed by atoms with van der Waals surface area (Å²) in [6.07, 6.45) is 0. The summed E-state index contributed by atoms with van der Waals surface area (Å²) in [5.74, 6) is -1.75. The van der Waals surface area contributed by atoms with Crippen molar-refractivity contribution in [2.45, 2.75) is 13.8 Å². The summed E-state index contributed by atoms with van der Waals surface area (Å²) in [5.41, 5.74) is -1.11. The quantitative estimate of drug-likeness (QED) is 0.767. The number of hydrogen-bond donors (Lipinski definition) is 1. The first kappa shape index (κ1) is 12.2. The van der Waals surface area contributed by atoms with Gasteiger partial charge < -0.3 is 0 Å². The van der Waals surface area contributed by atoms with E-state index in [2.05, 4.69) is 5.32 Å². The minimum Gasteiger partial charge on any atom is -0.276 e. The summed E-state index contributed by atoms with van der Waals surface area (Å²) in [5, 5.41) is 2.10. The highest BCUT2D eigenvalue weighted by Gasteiger charge is 2.47. The number of urea groups is 1. The number of hydrogen-bond acceptors (Lipinski definition) is 3. The zero-order valence-electron chi connectivity index (χ0n) is 9.86. The van der Waals surface area contributed by atoms with Crippen LogP contribution in [0.15, 0.2) is 24.3 Å². The van der Waals surface area contributed by atoms with Gasteiger partial charge in [-0.3, -0.25) is 14.9 Å². The molecule has 0 bridgehead atoms. The topological polar surface area (TPSA) is 66.5 Å². The summed E-state index contributed by atoms with van der Waals surface area (Å²) in [7, 11) is 0. The third-order valence-electron chi connectivity index (χ3n) is 2.81. The Hall–Kier alpha value is -2.24. The molecule has 1 heterocycles. The van der Waals surface area contributed by atoms with Gasteiger partial charge in [0.2, 0.25) is 11.8 Å². The molecule has 5 nitrogen and oxygen atoms in total. The number of nitrogens with zero attached hydrogens (tertiary/aromatic N) is 1. The number of imide groups is 2. The number of barbiturate groups is 1. The van der Waals surface area contributed by atoms with Crippen LogP contribution in [0, 0.1) is 11.2 Å². The van der Waals surface area contributed by atoms with E-state index in [4.69, 9.17) is 0 Å². The molecular weight excluding hydrogens is 239 g/mol. The predicted molar refractivity (Wildman–Crippen MR) is 61.2 cm³/mol. The Kier molecular flexibility index (Phi) is 2.65. The van der Waals surface area contributed by atoms with Crippen LogP contribution in [0.1, 0.15) is 13.8 Å². The summed E-state index contributed by atoms with van der Waals surface area (Å²) in [6, 6.07) is 4.06. The maximum Gasteiger partial charge on any atom is 0.335 e. The molecule has 0 unspecified atom stereocenters. The Labute approximate surface area is 103 Å². The molecule has 1 fully saturated rings. The molecule has 0 radical (unpaired) electrons. The Morgan fingerprint density at radius 3 is 2.22 bits per heavy atom. The van der Waals surface area contributed by atoms with E-state index in [1.807, 2.05) is 0 Å². The zero-order valence-corrected chi connectivity index (χ0v) is 9.86. The first-order chi connectivity index (χ1) is 8.34. The fraction of sp³-hybridized carbons (Fsp3) is 0.250. The Balaban J connectivity index is 2.43. The van der Waals surface area contributed by atoms with E-state index in [0.717, 1.165) is 17.0 Å². The number of carbonyl (C=O) groups is 3. The number of nitrogens with one attached hydrogen (secondary N) is 1. The van der Waals surface area contributed by atoms with Crippen molar-refractivity contribution in [2.24, 2.45) is 5.41 Å². The molecule has 4 amide bonds. The van der Waals surface area contributed by atoms with E-state index in [1.54, 1.807) is 0 Å². The fourth-order valence-corrected chi connectivity index (χ4v) is 1.60.